The van der Waals surface area contributed by atoms with Gasteiger partial charge in [0.1, 0.15) is 39.4 Å². The molecule has 4 heterocycles. The monoisotopic (exact) mass is 1470 g/mol. The van der Waals surface area contributed by atoms with Crippen molar-refractivity contribution >= 4 is 91.9 Å². The molecule has 23 nitrogen and oxygen atoms in total. The van der Waals surface area contributed by atoms with Gasteiger partial charge in [-0.3, -0.25) is 38.6 Å². The molecule has 0 radical (unpaired) electrons. The quantitative estimate of drug-likeness (QED) is 0.0432. The van der Waals surface area contributed by atoms with Crippen LogP contribution in [0.2, 0.25) is 0 Å². The summed E-state index contributed by atoms with van der Waals surface area (Å²) in [7, 11) is 3.44. The number of carboxylic acid groups (broad SMARTS) is 1. The fourth-order valence-electron chi connectivity index (χ4n) is 15.9. The number of carboxylic acids is 1. The van der Waals surface area contributed by atoms with Crippen LogP contribution in [0.3, 0.4) is 0 Å². The number of carbonyl (C=O) groups is 8. The summed E-state index contributed by atoms with van der Waals surface area (Å²) in [4.78, 5) is 121. The van der Waals surface area contributed by atoms with Crippen LogP contribution in [0.4, 0.5) is 11.4 Å². The van der Waals surface area contributed by atoms with Crippen molar-refractivity contribution in [3.05, 3.63) is 180 Å². The van der Waals surface area contributed by atoms with Crippen molar-refractivity contribution in [3.8, 4) is 0 Å². The Balaban J connectivity index is 0.000000197. The van der Waals surface area contributed by atoms with E-state index in [1.54, 1.807) is 62.9 Å². The van der Waals surface area contributed by atoms with Gasteiger partial charge in [-0.1, -0.05) is 226 Å². The first-order valence-electron chi connectivity index (χ1n) is 37.0. The van der Waals surface area contributed by atoms with Gasteiger partial charge in [-0.25, -0.2) is 9.79 Å². The molecule has 5 aliphatic rings. The fourth-order valence-corrected chi connectivity index (χ4v) is 15.9. The summed E-state index contributed by atoms with van der Waals surface area (Å²) in [6, 6.07) is 49.3. The van der Waals surface area contributed by atoms with Crippen LogP contribution in [0.5, 0.6) is 0 Å². The second-order valence-corrected chi connectivity index (χ2v) is 29.8. The molecule has 3 fully saturated rings. The first-order valence-corrected chi connectivity index (χ1v) is 37.0. The Morgan fingerprint density at radius 2 is 0.870 bits per heavy atom. The first-order chi connectivity index (χ1) is 50.6. The smallest absolute Gasteiger partial charge is 0.339 e. The van der Waals surface area contributed by atoms with Gasteiger partial charge < -0.3 is 36.0 Å². The van der Waals surface area contributed by atoms with Crippen molar-refractivity contribution in [2.24, 2.45) is 67.5 Å². The van der Waals surface area contributed by atoms with E-state index in [2.05, 4.69) is 58.6 Å². The molecule has 0 bridgehead atoms. The maximum Gasteiger partial charge on any atom is 0.339 e. The van der Waals surface area contributed by atoms with Crippen LogP contribution in [-0.4, -0.2) is 125 Å². The lowest BCUT2D eigenvalue weighted by Gasteiger charge is -2.36. The number of benzodiazepines with no additional fused rings is 2. The lowest BCUT2D eigenvalue weighted by Crippen LogP contribution is -2.52. The van der Waals surface area contributed by atoms with Crippen molar-refractivity contribution in [2.75, 3.05) is 23.9 Å². The largest absolute Gasteiger partial charge is 0.481 e. The number of nitrogens with zero attached hydrogens (tertiary/aromatic N) is 10. The zero-order valence-electron chi connectivity index (χ0n) is 62.9. The summed E-state index contributed by atoms with van der Waals surface area (Å²) in [5, 5.41) is 36.3. The minimum atomic E-state index is -1.07. The molecule has 3 amide bonds. The Labute approximate surface area is 635 Å². The molecule has 108 heavy (non-hydrogen) atoms. The molecule has 576 valence electrons. The number of anilines is 2. The normalized spacial score (nSPS) is 18.1. The van der Waals surface area contributed by atoms with Crippen molar-refractivity contribution in [1.82, 2.24) is 35.6 Å². The van der Waals surface area contributed by atoms with E-state index >= 15 is 0 Å². The van der Waals surface area contributed by atoms with Crippen LogP contribution < -0.4 is 25.7 Å². The minimum absolute atomic E-state index is 0. The Bertz CT molecular complexity index is 4470. The molecule has 3 aliphatic carbocycles. The van der Waals surface area contributed by atoms with Crippen molar-refractivity contribution in [3.63, 3.8) is 0 Å². The van der Waals surface area contributed by atoms with Crippen LogP contribution in [0.25, 0.3) is 22.1 Å². The number of aromatic nitrogens is 6. The number of benzene rings is 6. The number of amides is 3. The minimum Gasteiger partial charge on any atom is -0.481 e. The zero-order valence-corrected chi connectivity index (χ0v) is 62.9. The molecule has 0 saturated heterocycles. The molecular formula is C85H110N12O11. The van der Waals surface area contributed by atoms with Crippen LogP contribution >= 0.6 is 0 Å². The van der Waals surface area contributed by atoms with Gasteiger partial charge in [0.25, 0.3) is 11.8 Å². The standard InChI is InChI=1S/C29H35N3O3.C19H25N3O3.C16H15N3O.C13H22O3.C6H5N3O.2CH4/c1-19(2)18-23(29(20(3)33)16-10-11-17-29)27(34)31-26-28(35)32(4)24-15-9-8-14-22(24)25(30-26)21-12-6-5-7-13-21;1-13(2)12-15(19(14(3)23)10-6-7-11-19)18(24)25-22-17-9-5-4-8-16(17)20-21-22;1-19-13-10-6-5-9-12(13)14(18-15(17)16(19)20)11-7-3-2-4-8-11;1-9(2)8-11(12(15)16)13(10(3)14)6-4-5-7-13;10-9-6-4-2-1-3-5(6)7-8-9;;/h5-9,12-15,19,23,26H,10-11,16-18H2,1-4H3,(H,31,34);4-5,8-9,13,15H,6-7,10-12H2,1-3H3;2-10,15H,17H2,1H3;9,11H,4-8H2,1-3H3,(H,15,16);1-4,10H;2*1H4/t23-,26?;15-;;11-;;;/m00.0.../s1. The van der Waals surface area contributed by atoms with Crippen LogP contribution in [0.1, 0.15) is 196 Å². The van der Waals surface area contributed by atoms with Gasteiger partial charge in [-0.2, -0.15) is 0 Å². The number of likely N-dealkylation sites (N-methyl/N-ethyl adjacent to an activating group) is 2. The van der Waals surface area contributed by atoms with Gasteiger partial charge in [0.15, 0.2) is 6.17 Å². The summed E-state index contributed by atoms with van der Waals surface area (Å²) in [5.41, 5.74) is 13.3. The van der Waals surface area contributed by atoms with Crippen LogP contribution in [-0.2, 0) is 38.4 Å². The van der Waals surface area contributed by atoms with E-state index in [1.165, 1.54) is 4.85 Å². The Morgan fingerprint density at radius 3 is 1.32 bits per heavy atom. The van der Waals surface area contributed by atoms with Gasteiger partial charge in [0.05, 0.1) is 40.6 Å². The van der Waals surface area contributed by atoms with Gasteiger partial charge in [-0.15, -0.1) is 10.2 Å². The molecule has 5 N–H and O–H groups in total. The van der Waals surface area contributed by atoms with E-state index in [0.717, 1.165) is 121 Å². The molecule has 6 aromatic carbocycles. The van der Waals surface area contributed by atoms with Crippen molar-refractivity contribution in [1.29, 1.82) is 0 Å². The fraction of sp³-hybridized carbons (Fsp3) is 0.459. The summed E-state index contributed by atoms with van der Waals surface area (Å²) in [6.45, 7) is 17.1. The van der Waals surface area contributed by atoms with E-state index in [9.17, 15) is 43.5 Å². The number of fused-ring (bicyclic) bond motifs is 4. The van der Waals surface area contributed by atoms with E-state index in [1.807, 2.05) is 153 Å². The average molecular weight is 1480 g/mol. The number of rotatable bonds is 19. The third-order valence-corrected chi connectivity index (χ3v) is 21.5. The maximum atomic E-state index is 13.8. The summed E-state index contributed by atoms with van der Waals surface area (Å²) >= 11 is 0. The zero-order chi connectivity index (χ0) is 76.6. The topological polar surface area (TPSA) is 317 Å². The van der Waals surface area contributed by atoms with E-state index in [-0.39, 0.29) is 61.8 Å². The number of nitrogens with two attached hydrogens (primary N) is 1. The highest BCUT2D eigenvalue weighted by Crippen LogP contribution is 2.50. The SMILES string of the molecule is C.C.CC(=O)C1([C@@H](CC(C)C)C(=O)NC2N=C(c3ccccc3)c3ccccc3N(C)C2=O)CCCC1.CC(=O)C1([C@@H](CC(C)C)C(=O)O)CCCC1.CC(=O)C1([C@@H](CC(C)C)C(=O)On2nnc3ccccc32)CCCC1.CN1C(=O)C(N)N=C(c2ccccc2)c2ccccc21.On1nnc2ccccc21. The van der Waals surface area contributed by atoms with Crippen LogP contribution in [0.15, 0.2) is 168 Å². The molecule has 2 aliphatic heterocycles. The maximum absolute atomic E-state index is 13.8. The van der Waals surface area contributed by atoms with Crippen molar-refractivity contribution in [2.45, 2.75) is 186 Å². The molecule has 0 spiro atoms. The summed E-state index contributed by atoms with van der Waals surface area (Å²) in [5.74, 6) is -2.30. The lowest BCUT2D eigenvalue weighted by molar-refractivity contribution is -0.160. The Morgan fingerprint density at radius 1 is 0.500 bits per heavy atom. The van der Waals surface area contributed by atoms with Crippen molar-refractivity contribution < 1.29 is 53.5 Å². The third kappa shape index (κ3) is 19.3. The number of aliphatic carboxylic acids is 1. The van der Waals surface area contributed by atoms with E-state index in [4.69, 9.17) is 20.8 Å². The molecule has 13 rings (SSSR count). The summed E-state index contributed by atoms with van der Waals surface area (Å²) in [6.07, 6.45) is 10.2. The highest BCUT2D eigenvalue weighted by atomic mass is 16.7. The number of para-hydroxylation sites is 4. The summed E-state index contributed by atoms with van der Waals surface area (Å²) < 4.78 is 0. The number of hydrogen-bond donors (Lipinski definition) is 4. The van der Waals surface area contributed by atoms with Gasteiger partial charge in [0, 0.05) is 52.6 Å². The number of hydrogen-bond acceptors (Lipinski definition) is 17. The number of aliphatic imine (C=N–C) groups is 2. The number of carbonyl (C=O) groups excluding carboxylic acids is 7. The number of Topliss-reactive ketones (excluding diaryl/α,β-unsaturated/α-hetero) is 3. The molecule has 23 heteroatoms. The van der Waals surface area contributed by atoms with Crippen LogP contribution in [0, 0.1) is 51.8 Å². The number of nitrogens with one attached hydrogen (secondary N) is 1. The highest BCUT2D eigenvalue weighted by Gasteiger charge is 2.52. The van der Waals surface area contributed by atoms with E-state index < -0.39 is 52.3 Å². The molecule has 5 atom stereocenters. The predicted octanol–water partition coefficient (Wildman–Crippen LogP) is 14.6. The third-order valence-electron chi connectivity index (χ3n) is 21.5. The number of ketones is 3. The first kappa shape index (κ1) is 84.8. The second kappa shape index (κ2) is 37.9. The molecule has 2 unspecified atom stereocenters. The Hall–Kier alpha value is -10.4. The highest BCUT2D eigenvalue weighted by molar-refractivity contribution is 6.21. The Kier molecular flexibility index (Phi) is 29.8. The molecule has 3 saturated carbocycles. The predicted molar refractivity (Wildman–Crippen MR) is 422 cm³/mol. The molecule has 2 aromatic heterocycles. The van der Waals surface area contributed by atoms with Gasteiger partial charge >= 0.3 is 11.9 Å². The average Bonchev–Trinajstić information content (AvgIpc) is 1.57. The molecule has 8 aromatic rings. The second-order valence-electron chi connectivity index (χ2n) is 29.8. The van der Waals surface area contributed by atoms with Gasteiger partial charge in [-0.05, 0) is 143 Å². The van der Waals surface area contributed by atoms with E-state index in [0.29, 0.717) is 58.9 Å². The lowest BCUT2D eigenvalue weighted by atomic mass is 9.67. The molecular weight excluding hydrogens is 1370 g/mol. The van der Waals surface area contributed by atoms with Gasteiger partial charge in [0.2, 0.25) is 12.1 Å².